The summed E-state index contributed by atoms with van der Waals surface area (Å²) in [5, 5.41) is 0. The van der Waals surface area contributed by atoms with E-state index < -0.39 is 0 Å². The van der Waals surface area contributed by atoms with Crippen molar-refractivity contribution in [1.29, 1.82) is 0 Å². The summed E-state index contributed by atoms with van der Waals surface area (Å²) >= 11 is 0. The molecular weight excluding hydrogens is 384 g/mol. The van der Waals surface area contributed by atoms with Gasteiger partial charge in [-0.2, -0.15) is 0 Å². The van der Waals surface area contributed by atoms with Gasteiger partial charge in [0, 0.05) is 19.4 Å². The molecule has 1 aromatic carbocycles. The van der Waals surface area contributed by atoms with Crippen LogP contribution in [0.2, 0.25) is 0 Å². The number of carbonyl (C=O) groups excluding carboxylic acids is 1. The standard InChI is InChI=1S/C22H22N4O4/c1-14-7-9-26(11-16-4-5-18-19(10-16)30-13-29-18)22(28)20(14)21(27)25(3)15(2)17-6-8-23-12-24-17/h4-10,12,15H,11,13H2,1-3H3. The molecular formula is C22H22N4O4. The lowest BCUT2D eigenvalue weighted by atomic mass is 10.1. The van der Waals surface area contributed by atoms with E-state index in [4.69, 9.17) is 9.47 Å². The Morgan fingerprint density at radius 1 is 1.23 bits per heavy atom. The van der Waals surface area contributed by atoms with E-state index in [-0.39, 0.29) is 29.9 Å². The van der Waals surface area contributed by atoms with Crippen LogP contribution >= 0.6 is 0 Å². The van der Waals surface area contributed by atoms with Crippen molar-refractivity contribution < 1.29 is 14.3 Å². The van der Waals surface area contributed by atoms with Crippen LogP contribution in [0.25, 0.3) is 0 Å². The number of carbonyl (C=O) groups is 1. The van der Waals surface area contributed by atoms with Crippen LogP contribution in [0.15, 0.2) is 53.8 Å². The maximum Gasteiger partial charge on any atom is 0.263 e. The number of amides is 1. The smallest absolute Gasteiger partial charge is 0.263 e. The molecule has 0 radical (unpaired) electrons. The van der Waals surface area contributed by atoms with Crippen molar-refractivity contribution in [1.82, 2.24) is 19.4 Å². The van der Waals surface area contributed by atoms with E-state index in [1.807, 2.05) is 25.1 Å². The summed E-state index contributed by atoms with van der Waals surface area (Å²) in [6.07, 6.45) is 4.77. The van der Waals surface area contributed by atoms with E-state index in [9.17, 15) is 9.59 Å². The molecule has 0 saturated heterocycles. The molecule has 1 atom stereocenters. The number of hydrogen-bond donors (Lipinski definition) is 0. The number of rotatable bonds is 5. The van der Waals surface area contributed by atoms with Gasteiger partial charge in [0.25, 0.3) is 11.5 Å². The molecule has 0 N–H and O–H groups in total. The first-order valence-electron chi connectivity index (χ1n) is 9.57. The van der Waals surface area contributed by atoms with E-state index in [1.165, 1.54) is 15.8 Å². The number of fused-ring (bicyclic) bond motifs is 1. The third kappa shape index (κ3) is 3.63. The van der Waals surface area contributed by atoms with Gasteiger partial charge in [-0.25, -0.2) is 9.97 Å². The first-order chi connectivity index (χ1) is 14.5. The third-order valence-corrected chi connectivity index (χ3v) is 5.31. The molecule has 1 aliphatic heterocycles. The summed E-state index contributed by atoms with van der Waals surface area (Å²) < 4.78 is 12.3. The Labute approximate surface area is 173 Å². The molecule has 154 valence electrons. The van der Waals surface area contributed by atoms with Crippen molar-refractivity contribution in [2.24, 2.45) is 0 Å². The monoisotopic (exact) mass is 406 g/mol. The van der Waals surface area contributed by atoms with Crippen LogP contribution in [0.4, 0.5) is 0 Å². The fourth-order valence-corrected chi connectivity index (χ4v) is 3.38. The topological polar surface area (TPSA) is 86.5 Å². The minimum atomic E-state index is -0.344. The highest BCUT2D eigenvalue weighted by Crippen LogP contribution is 2.32. The lowest BCUT2D eigenvalue weighted by Gasteiger charge is -2.25. The zero-order valence-corrected chi connectivity index (χ0v) is 17.0. The van der Waals surface area contributed by atoms with Gasteiger partial charge >= 0.3 is 0 Å². The molecule has 30 heavy (non-hydrogen) atoms. The lowest BCUT2D eigenvalue weighted by Crippen LogP contribution is -2.37. The van der Waals surface area contributed by atoms with Crippen LogP contribution in [0.3, 0.4) is 0 Å². The Hall–Kier alpha value is -3.68. The Kier molecular flexibility index (Phi) is 5.22. The van der Waals surface area contributed by atoms with E-state index in [0.717, 1.165) is 5.56 Å². The summed E-state index contributed by atoms with van der Waals surface area (Å²) in [7, 11) is 1.67. The number of aromatic nitrogens is 3. The van der Waals surface area contributed by atoms with Gasteiger partial charge in [0.2, 0.25) is 6.79 Å². The van der Waals surface area contributed by atoms with Crippen LogP contribution in [0.1, 0.15) is 40.1 Å². The molecule has 4 rings (SSSR count). The average molecular weight is 406 g/mol. The highest BCUT2D eigenvalue weighted by molar-refractivity contribution is 5.95. The molecule has 8 heteroatoms. The molecule has 0 saturated carbocycles. The van der Waals surface area contributed by atoms with Gasteiger partial charge in [0.1, 0.15) is 11.9 Å². The first-order valence-corrected chi connectivity index (χ1v) is 9.57. The van der Waals surface area contributed by atoms with Crippen molar-refractivity contribution in [2.45, 2.75) is 26.4 Å². The predicted molar refractivity (Wildman–Crippen MR) is 110 cm³/mol. The van der Waals surface area contributed by atoms with Crippen LogP contribution in [0, 0.1) is 6.92 Å². The summed E-state index contributed by atoms with van der Waals surface area (Å²) in [6, 6.07) is 8.78. The van der Waals surface area contributed by atoms with Gasteiger partial charge in [-0.1, -0.05) is 6.07 Å². The maximum absolute atomic E-state index is 13.2. The van der Waals surface area contributed by atoms with Gasteiger partial charge < -0.3 is 18.9 Å². The number of pyridine rings is 1. The van der Waals surface area contributed by atoms with Crippen molar-refractivity contribution in [3.63, 3.8) is 0 Å². The Balaban J connectivity index is 1.62. The highest BCUT2D eigenvalue weighted by atomic mass is 16.7. The normalized spacial score (nSPS) is 13.2. The minimum Gasteiger partial charge on any atom is -0.454 e. The van der Waals surface area contributed by atoms with Gasteiger partial charge in [-0.05, 0) is 49.2 Å². The highest BCUT2D eigenvalue weighted by Gasteiger charge is 2.24. The fourth-order valence-electron chi connectivity index (χ4n) is 3.38. The summed E-state index contributed by atoms with van der Waals surface area (Å²) in [5.41, 5.74) is 2.04. The lowest BCUT2D eigenvalue weighted by molar-refractivity contribution is 0.0736. The predicted octanol–water partition coefficient (Wildman–Crippen LogP) is 2.56. The molecule has 1 aliphatic rings. The number of benzene rings is 1. The Bertz CT molecular complexity index is 1140. The van der Waals surface area contributed by atoms with Crippen LogP contribution in [-0.4, -0.2) is 39.2 Å². The van der Waals surface area contributed by atoms with Crippen molar-refractivity contribution in [3.8, 4) is 11.5 Å². The molecule has 0 spiro atoms. The molecule has 2 aromatic heterocycles. The van der Waals surface area contributed by atoms with Crippen molar-refractivity contribution >= 4 is 5.91 Å². The second kappa shape index (κ2) is 7.98. The summed E-state index contributed by atoms with van der Waals surface area (Å²) in [4.78, 5) is 36.0. The van der Waals surface area contributed by atoms with Crippen molar-refractivity contribution in [2.75, 3.05) is 13.8 Å². The second-order valence-corrected chi connectivity index (χ2v) is 7.22. The van der Waals surface area contributed by atoms with E-state index in [0.29, 0.717) is 29.3 Å². The minimum absolute atomic E-state index is 0.154. The number of aryl methyl sites for hydroxylation is 1. The molecule has 8 nitrogen and oxygen atoms in total. The second-order valence-electron chi connectivity index (χ2n) is 7.22. The van der Waals surface area contributed by atoms with Gasteiger partial charge in [0.05, 0.1) is 18.3 Å². The molecule has 1 amide bonds. The molecule has 3 heterocycles. The molecule has 3 aromatic rings. The Morgan fingerprint density at radius 3 is 2.80 bits per heavy atom. The van der Waals surface area contributed by atoms with E-state index >= 15 is 0 Å². The molecule has 1 unspecified atom stereocenters. The van der Waals surface area contributed by atoms with Gasteiger partial charge in [-0.15, -0.1) is 0 Å². The van der Waals surface area contributed by atoms with Gasteiger partial charge in [0.15, 0.2) is 11.5 Å². The molecule has 0 bridgehead atoms. The number of hydrogen-bond acceptors (Lipinski definition) is 6. The summed E-state index contributed by atoms with van der Waals surface area (Å²) in [5.74, 6) is 0.997. The van der Waals surface area contributed by atoms with E-state index in [2.05, 4.69) is 9.97 Å². The number of ether oxygens (including phenoxy) is 2. The summed E-state index contributed by atoms with van der Waals surface area (Å²) in [6.45, 7) is 4.15. The maximum atomic E-state index is 13.2. The first kappa shape index (κ1) is 19.6. The number of nitrogens with zero attached hydrogens (tertiary/aromatic N) is 4. The van der Waals surface area contributed by atoms with Gasteiger partial charge in [-0.3, -0.25) is 9.59 Å². The van der Waals surface area contributed by atoms with Crippen LogP contribution in [0.5, 0.6) is 11.5 Å². The zero-order valence-electron chi connectivity index (χ0n) is 17.0. The van der Waals surface area contributed by atoms with Crippen LogP contribution < -0.4 is 15.0 Å². The van der Waals surface area contributed by atoms with Crippen molar-refractivity contribution in [3.05, 3.63) is 81.8 Å². The molecule has 0 fully saturated rings. The zero-order chi connectivity index (χ0) is 21.3. The SMILES string of the molecule is Cc1ccn(Cc2ccc3c(c2)OCO3)c(=O)c1C(=O)N(C)C(C)c1ccncn1. The van der Waals surface area contributed by atoms with E-state index in [1.54, 1.807) is 38.5 Å². The largest absolute Gasteiger partial charge is 0.454 e. The third-order valence-electron chi connectivity index (χ3n) is 5.31. The Morgan fingerprint density at radius 2 is 2.03 bits per heavy atom. The fraction of sp³-hybridized carbons (Fsp3) is 0.273. The average Bonchev–Trinajstić information content (AvgIpc) is 3.23. The quantitative estimate of drug-likeness (QED) is 0.647. The molecule has 0 aliphatic carbocycles. The van der Waals surface area contributed by atoms with Crippen LogP contribution in [-0.2, 0) is 6.54 Å².